The van der Waals surface area contributed by atoms with Crippen LogP contribution in [0.3, 0.4) is 0 Å². The molecular weight excluding hydrogens is 212 g/mol. The number of ketones is 1. The third-order valence-corrected chi connectivity index (χ3v) is 1.99. The Morgan fingerprint density at radius 3 is 2.81 bits per heavy atom. The minimum atomic E-state index is -1.10. The highest BCUT2D eigenvalue weighted by Crippen LogP contribution is 2.17. The average Bonchev–Trinajstić information content (AvgIpc) is 2.65. The van der Waals surface area contributed by atoms with E-state index >= 15 is 0 Å². The molecule has 0 spiro atoms. The molecule has 0 saturated carbocycles. The molecule has 6 nitrogen and oxygen atoms in total. The number of benzene rings is 1. The second-order valence-corrected chi connectivity index (χ2v) is 3.09. The van der Waals surface area contributed by atoms with Crippen molar-refractivity contribution in [2.75, 3.05) is 0 Å². The Labute approximate surface area is 90.5 Å². The number of hydrogen-bond donors (Lipinski definition) is 2. The molecule has 1 atom stereocenters. The van der Waals surface area contributed by atoms with E-state index in [1.54, 1.807) is 12.1 Å². The summed E-state index contributed by atoms with van der Waals surface area (Å²) in [7, 11) is 0. The van der Waals surface area contributed by atoms with Crippen LogP contribution >= 0.6 is 0 Å². The van der Waals surface area contributed by atoms with Crippen molar-refractivity contribution in [3.05, 3.63) is 29.8 Å². The zero-order chi connectivity index (χ0) is 11.5. The fourth-order valence-electron chi connectivity index (χ4n) is 1.20. The molecule has 6 heteroatoms. The van der Waals surface area contributed by atoms with Gasteiger partial charge in [-0.1, -0.05) is 12.1 Å². The highest BCUT2D eigenvalue weighted by Gasteiger charge is 2.26. The molecule has 2 rings (SSSR count). The minimum Gasteiger partial charge on any atom is -0.507 e. The number of carbonyl (C=O) groups excluding carboxylic acids is 2. The second-order valence-electron chi connectivity index (χ2n) is 3.09. The number of Topliss-reactive ketones (excluding diaryl/α,β-unsaturated/α-hetero) is 1. The first-order valence-electron chi connectivity index (χ1n) is 4.50. The van der Waals surface area contributed by atoms with Crippen LogP contribution in [0.25, 0.3) is 0 Å². The third kappa shape index (κ3) is 1.85. The Kier molecular flexibility index (Phi) is 2.55. The van der Waals surface area contributed by atoms with Crippen LogP contribution in [0.1, 0.15) is 10.4 Å². The Morgan fingerprint density at radius 2 is 2.19 bits per heavy atom. The van der Waals surface area contributed by atoms with Gasteiger partial charge in [-0.3, -0.25) is 10.2 Å². The van der Waals surface area contributed by atoms with Crippen molar-refractivity contribution in [1.29, 1.82) is 0 Å². The normalized spacial score (nSPS) is 18.2. The number of aromatic hydroxyl groups is 1. The number of hydrogen-bond acceptors (Lipinski definition) is 6. The molecule has 0 amide bonds. The summed E-state index contributed by atoms with van der Waals surface area (Å²) in [6, 6.07) is 5.92. The molecule has 0 radical (unpaired) electrons. The number of ether oxygens (including phenoxy) is 1. The summed E-state index contributed by atoms with van der Waals surface area (Å²) in [5.41, 5.74) is 2.33. The Bertz CT molecular complexity index is 470. The largest absolute Gasteiger partial charge is 0.507 e. The molecule has 1 aromatic rings. The molecule has 16 heavy (non-hydrogen) atoms. The highest BCUT2D eigenvalue weighted by molar-refractivity contribution is 6.31. The van der Waals surface area contributed by atoms with Gasteiger partial charge in [0, 0.05) is 0 Å². The molecule has 0 aliphatic carbocycles. The van der Waals surface area contributed by atoms with Crippen molar-refractivity contribution < 1.29 is 19.4 Å². The van der Waals surface area contributed by atoms with Gasteiger partial charge in [-0.2, -0.15) is 5.10 Å². The Balaban J connectivity index is 2.09. The summed E-state index contributed by atoms with van der Waals surface area (Å²) < 4.78 is 4.81. The molecule has 1 aromatic carbocycles. The van der Waals surface area contributed by atoms with Crippen molar-refractivity contribution in [2.24, 2.45) is 5.10 Å². The van der Waals surface area contributed by atoms with Crippen LogP contribution in [0.2, 0.25) is 0 Å². The highest BCUT2D eigenvalue weighted by atomic mass is 16.6. The van der Waals surface area contributed by atoms with Crippen molar-refractivity contribution in [1.82, 2.24) is 5.43 Å². The van der Waals surface area contributed by atoms with Crippen LogP contribution in [-0.2, 0) is 9.53 Å². The summed E-state index contributed by atoms with van der Waals surface area (Å²) in [4.78, 5) is 22.6. The maximum Gasteiger partial charge on any atom is 0.344 e. The number of rotatable bonds is 2. The van der Waals surface area contributed by atoms with E-state index in [9.17, 15) is 14.7 Å². The molecule has 1 heterocycles. The monoisotopic (exact) mass is 220 g/mol. The van der Waals surface area contributed by atoms with Gasteiger partial charge < -0.3 is 9.84 Å². The van der Waals surface area contributed by atoms with Crippen LogP contribution in [0.15, 0.2) is 29.4 Å². The van der Waals surface area contributed by atoms with Gasteiger partial charge in [0.1, 0.15) is 11.3 Å². The van der Waals surface area contributed by atoms with E-state index in [0.717, 1.165) is 6.21 Å². The SMILES string of the molecule is O=C(OC1NN=CC1=O)c1ccccc1O. The lowest BCUT2D eigenvalue weighted by Crippen LogP contribution is -2.33. The van der Waals surface area contributed by atoms with E-state index in [2.05, 4.69) is 10.5 Å². The van der Waals surface area contributed by atoms with Gasteiger partial charge in [0.2, 0.25) is 5.78 Å². The van der Waals surface area contributed by atoms with Gasteiger partial charge in [0.15, 0.2) is 0 Å². The fourth-order valence-corrected chi connectivity index (χ4v) is 1.20. The van der Waals surface area contributed by atoms with Crippen LogP contribution in [0.5, 0.6) is 5.75 Å². The summed E-state index contributed by atoms with van der Waals surface area (Å²) in [5, 5.41) is 12.8. The smallest absolute Gasteiger partial charge is 0.344 e. The maximum atomic E-state index is 11.5. The number of para-hydroxylation sites is 1. The zero-order valence-electron chi connectivity index (χ0n) is 8.08. The standard InChI is InChI=1S/C10H8N2O4/c13-7-4-2-1-3-6(7)10(15)16-9-8(14)5-11-12-9/h1-5,9,12-13H. The molecule has 0 saturated heterocycles. The number of nitrogens with one attached hydrogen (secondary N) is 1. The number of phenols is 1. The summed E-state index contributed by atoms with van der Waals surface area (Å²) in [6.07, 6.45) is -0.0740. The molecule has 2 N–H and O–H groups in total. The first-order valence-corrected chi connectivity index (χ1v) is 4.50. The van der Waals surface area contributed by atoms with Crippen LogP contribution < -0.4 is 5.43 Å². The van der Waals surface area contributed by atoms with Gasteiger partial charge >= 0.3 is 5.97 Å². The van der Waals surface area contributed by atoms with E-state index in [4.69, 9.17) is 4.74 Å². The van der Waals surface area contributed by atoms with Crippen molar-refractivity contribution in [3.8, 4) is 5.75 Å². The quantitative estimate of drug-likeness (QED) is 0.686. The molecule has 82 valence electrons. The lowest BCUT2D eigenvalue weighted by Gasteiger charge is -2.10. The molecule has 1 aliphatic rings. The van der Waals surface area contributed by atoms with Gasteiger partial charge in [-0.05, 0) is 12.1 Å². The fraction of sp³-hybridized carbons (Fsp3) is 0.100. The maximum absolute atomic E-state index is 11.5. The van der Waals surface area contributed by atoms with Crippen LogP contribution in [0.4, 0.5) is 0 Å². The van der Waals surface area contributed by atoms with Gasteiger partial charge in [0.05, 0.1) is 6.21 Å². The number of nitrogens with zero attached hydrogens (tertiary/aromatic N) is 1. The molecule has 0 aromatic heterocycles. The minimum absolute atomic E-state index is 0.00370. The number of carbonyl (C=O) groups is 2. The summed E-state index contributed by atoms with van der Waals surface area (Å²) >= 11 is 0. The molecular formula is C10H8N2O4. The lowest BCUT2D eigenvalue weighted by molar-refractivity contribution is -0.121. The molecule has 1 unspecified atom stereocenters. The molecule has 1 aliphatic heterocycles. The van der Waals surface area contributed by atoms with Crippen molar-refractivity contribution in [2.45, 2.75) is 6.23 Å². The van der Waals surface area contributed by atoms with E-state index in [1.807, 2.05) is 0 Å². The second kappa shape index (κ2) is 4.01. The van der Waals surface area contributed by atoms with Crippen molar-refractivity contribution in [3.63, 3.8) is 0 Å². The lowest BCUT2D eigenvalue weighted by atomic mass is 10.2. The summed E-state index contributed by atoms with van der Waals surface area (Å²) in [5.74, 6) is -1.42. The number of esters is 1. The van der Waals surface area contributed by atoms with E-state index < -0.39 is 18.0 Å². The Morgan fingerprint density at radius 1 is 1.44 bits per heavy atom. The number of hydrazone groups is 1. The third-order valence-electron chi connectivity index (χ3n) is 1.99. The van der Waals surface area contributed by atoms with E-state index in [1.165, 1.54) is 12.1 Å². The van der Waals surface area contributed by atoms with Gasteiger partial charge in [-0.25, -0.2) is 4.79 Å². The predicted molar refractivity (Wildman–Crippen MR) is 53.9 cm³/mol. The first-order chi connectivity index (χ1) is 7.68. The average molecular weight is 220 g/mol. The number of phenolic OH excluding ortho intramolecular Hbond substituents is 1. The van der Waals surface area contributed by atoms with Gasteiger partial charge in [0.25, 0.3) is 6.23 Å². The van der Waals surface area contributed by atoms with Gasteiger partial charge in [-0.15, -0.1) is 0 Å². The van der Waals surface area contributed by atoms with Crippen LogP contribution in [0, 0.1) is 0 Å². The topological polar surface area (TPSA) is 88.0 Å². The zero-order valence-corrected chi connectivity index (χ0v) is 8.08. The van der Waals surface area contributed by atoms with E-state index in [0.29, 0.717) is 0 Å². The van der Waals surface area contributed by atoms with E-state index in [-0.39, 0.29) is 11.3 Å². The first kappa shape index (κ1) is 10.2. The summed E-state index contributed by atoms with van der Waals surface area (Å²) in [6.45, 7) is 0. The predicted octanol–water partition coefficient (Wildman–Crippen LogP) is 0.0332. The van der Waals surface area contributed by atoms with Crippen LogP contribution in [-0.4, -0.2) is 29.3 Å². The molecule has 0 bridgehead atoms. The molecule has 0 fully saturated rings. The Hall–Kier alpha value is -2.37. The van der Waals surface area contributed by atoms with Crippen molar-refractivity contribution >= 4 is 18.0 Å².